The topological polar surface area (TPSA) is 61.8 Å². The smallest absolute Gasteiger partial charge is 0.434 e. The third kappa shape index (κ3) is 2.95. The second-order valence-corrected chi connectivity index (χ2v) is 7.30. The van der Waals surface area contributed by atoms with Crippen LogP contribution in [-0.2, 0) is 23.8 Å². The Morgan fingerprint density at radius 3 is 2.29 bits per heavy atom. The first-order valence-electron chi connectivity index (χ1n) is 8.26. The van der Waals surface area contributed by atoms with Crippen LogP contribution in [0.15, 0.2) is 24.5 Å². The lowest BCUT2D eigenvalue weighted by atomic mass is 9.73. The summed E-state index contributed by atoms with van der Waals surface area (Å²) in [5.41, 5.74) is -1.69. The fraction of sp³-hybridized carbons (Fsp3) is 0.647. The van der Waals surface area contributed by atoms with Crippen LogP contribution in [0.25, 0.3) is 0 Å². The van der Waals surface area contributed by atoms with Crippen molar-refractivity contribution in [3.8, 4) is 0 Å². The average Bonchev–Trinajstić information content (AvgIpc) is 3.12. The largest absolute Gasteiger partial charge is 0.487 e. The van der Waals surface area contributed by atoms with Crippen LogP contribution < -0.4 is 0 Å². The van der Waals surface area contributed by atoms with E-state index in [1.54, 1.807) is 6.92 Å². The minimum Gasteiger partial charge on any atom is -0.487 e. The van der Waals surface area contributed by atoms with Gasteiger partial charge in [-0.05, 0) is 25.3 Å². The SMILES string of the molecule is C=C(C)C(=C)OC1C2CC3C1OC(=O)C3(C(=O)OC(C(F)(F)F)C(F)(F)F)C2. The maximum Gasteiger partial charge on any atom is 0.434 e. The Morgan fingerprint density at radius 1 is 1.21 bits per heavy atom. The predicted octanol–water partition coefficient (Wildman–Crippen LogP) is 3.45. The fourth-order valence-electron chi connectivity index (χ4n) is 4.23. The molecule has 2 aliphatic carbocycles. The zero-order chi connectivity index (χ0) is 21.2. The van der Waals surface area contributed by atoms with Gasteiger partial charge in [0, 0.05) is 11.8 Å². The summed E-state index contributed by atoms with van der Waals surface area (Å²) in [5.74, 6) is -4.26. The molecule has 5 unspecified atom stereocenters. The molecule has 11 heteroatoms. The van der Waals surface area contributed by atoms with Crippen molar-refractivity contribution in [3.05, 3.63) is 24.5 Å². The van der Waals surface area contributed by atoms with E-state index in [2.05, 4.69) is 17.9 Å². The highest BCUT2D eigenvalue weighted by Gasteiger charge is 2.76. The number of hydrogen-bond donors (Lipinski definition) is 0. The first-order valence-corrected chi connectivity index (χ1v) is 8.26. The lowest BCUT2D eigenvalue weighted by molar-refractivity contribution is -0.315. The van der Waals surface area contributed by atoms with Crippen LogP contribution in [0.1, 0.15) is 19.8 Å². The molecule has 156 valence electrons. The first-order chi connectivity index (χ1) is 12.7. The summed E-state index contributed by atoms with van der Waals surface area (Å²) in [7, 11) is 0. The monoisotopic (exact) mass is 414 g/mol. The third-order valence-electron chi connectivity index (χ3n) is 5.50. The van der Waals surface area contributed by atoms with E-state index in [4.69, 9.17) is 9.47 Å². The molecule has 0 amide bonds. The van der Waals surface area contributed by atoms with E-state index >= 15 is 0 Å². The molecular weight excluding hydrogens is 398 g/mol. The number of esters is 2. The van der Waals surface area contributed by atoms with Gasteiger partial charge in [-0.25, -0.2) is 0 Å². The second-order valence-electron chi connectivity index (χ2n) is 7.30. The van der Waals surface area contributed by atoms with Crippen molar-refractivity contribution >= 4 is 11.9 Å². The summed E-state index contributed by atoms with van der Waals surface area (Å²) < 4.78 is 90.8. The van der Waals surface area contributed by atoms with Gasteiger partial charge in [0.25, 0.3) is 6.10 Å². The van der Waals surface area contributed by atoms with E-state index in [-0.39, 0.29) is 18.6 Å². The quantitative estimate of drug-likeness (QED) is 0.227. The Kier molecular flexibility index (Phi) is 4.51. The Bertz CT molecular complexity index is 727. The molecular formula is C17H16F6O5. The Balaban J connectivity index is 1.83. The zero-order valence-corrected chi connectivity index (χ0v) is 14.5. The van der Waals surface area contributed by atoms with Gasteiger partial charge < -0.3 is 14.2 Å². The first kappa shape index (κ1) is 20.5. The summed E-state index contributed by atoms with van der Waals surface area (Å²) >= 11 is 0. The number of allylic oxidation sites excluding steroid dienone is 1. The predicted molar refractivity (Wildman–Crippen MR) is 79.3 cm³/mol. The van der Waals surface area contributed by atoms with Crippen molar-refractivity contribution in [2.45, 2.75) is 50.4 Å². The van der Waals surface area contributed by atoms with E-state index in [1.165, 1.54) is 0 Å². The lowest BCUT2D eigenvalue weighted by Gasteiger charge is -2.32. The van der Waals surface area contributed by atoms with Crippen molar-refractivity contribution in [2.24, 2.45) is 17.3 Å². The molecule has 0 N–H and O–H groups in total. The van der Waals surface area contributed by atoms with Crippen molar-refractivity contribution < 1.29 is 50.1 Å². The van der Waals surface area contributed by atoms with Crippen LogP contribution in [0.3, 0.4) is 0 Å². The van der Waals surface area contributed by atoms with Crippen LogP contribution in [-0.4, -0.2) is 42.6 Å². The molecule has 3 aliphatic rings. The number of alkyl halides is 6. The maximum atomic E-state index is 12.7. The minimum absolute atomic E-state index is 0.169. The summed E-state index contributed by atoms with van der Waals surface area (Å²) in [6.07, 6.45) is -17.9. The molecule has 1 aliphatic heterocycles. The van der Waals surface area contributed by atoms with Gasteiger partial charge in [-0.3, -0.25) is 9.59 Å². The minimum atomic E-state index is -5.87. The van der Waals surface area contributed by atoms with Crippen molar-refractivity contribution in [1.29, 1.82) is 0 Å². The summed E-state index contributed by atoms with van der Waals surface area (Å²) in [6.45, 7) is 8.90. The number of carbonyl (C=O) groups excluding carboxylic acids is 2. The van der Waals surface area contributed by atoms with Gasteiger partial charge in [0.15, 0.2) is 5.41 Å². The highest BCUT2D eigenvalue weighted by atomic mass is 19.4. The van der Waals surface area contributed by atoms with E-state index in [1.807, 2.05) is 0 Å². The molecule has 1 saturated heterocycles. The summed E-state index contributed by atoms with van der Waals surface area (Å²) in [4.78, 5) is 24.7. The number of halogens is 6. The molecule has 2 bridgehead atoms. The van der Waals surface area contributed by atoms with Crippen LogP contribution in [0.5, 0.6) is 0 Å². The van der Waals surface area contributed by atoms with Crippen LogP contribution in [0.4, 0.5) is 26.3 Å². The lowest BCUT2D eigenvalue weighted by Crippen LogP contribution is -2.51. The van der Waals surface area contributed by atoms with Crippen LogP contribution >= 0.6 is 0 Å². The molecule has 3 rings (SSSR count). The summed E-state index contributed by atoms with van der Waals surface area (Å²) in [5, 5.41) is 0. The number of fused-ring (bicyclic) bond motifs is 1. The van der Waals surface area contributed by atoms with Crippen LogP contribution in [0, 0.1) is 17.3 Å². The van der Waals surface area contributed by atoms with Gasteiger partial charge in [0.05, 0.1) is 0 Å². The molecule has 28 heavy (non-hydrogen) atoms. The van der Waals surface area contributed by atoms with Gasteiger partial charge in [-0.1, -0.05) is 13.2 Å². The summed E-state index contributed by atoms with van der Waals surface area (Å²) in [6, 6.07) is 0. The Morgan fingerprint density at radius 2 is 1.79 bits per heavy atom. The highest BCUT2D eigenvalue weighted by Crippen LogP contribution is 2.63. The molecule has 0 spiro atoms. The standard InChI is InChI=1S/C17H16F6O5/c1-6(2)7(3)26-10-8-4-9-11(10)27-13(24)15(9,5-8)14(25)28-12(16(18,19)20)17(21,22)23/h8-12H,1,3-5H2,2H3. The van der Waals surface area contributed by atoms with E-state index in [0.717, 1.165) is 0 Å². The van der Waals surface area contributed by atoms with Crippen molar-refractivity contribution in [3.63, 3.8) is 0 Å². The maximum absolute atomic E-state index is 12.7. The highest BCUT2D eigenvalue weighted by molar-refractivity contribution is 6.03. The van der Waals surface area contributed by atoms with Crippen molar-refractivity contribution in [2.75, 3.05) is 0 Å². The van der Waals surface area contributed by atoms with E-state index < -0.39 is 59.9 Å². The molecule has 1 heterocycles. The van der Waals surface area contributed by atoms with Gasteiger partial charge in [-0.2, -0.15) is 26.3 Å². The zero-order valence-electron chi connectivity index (χ0n) is 14.5. The van der Waals surface area contributed by atoms with Gasteiger partial charge in [-0.15, -0.1) is 0 Å². The average molecular weight is 414 g/mol. The third-order valence-corrected chi connectivity index (χ3v) is 5.50. The molecule has 0 aromatic rings. The number of ether oxygens (including phenoxy) is 3. The van der Waals surface area contributed by atoms with E-state index in [0.29, 0.717) is 5.57 Å². The molecule has 0 aromatic heterocycles. The molecule has 3 fully saturated rings. The Hall–Kier alpha value is -2.20. The molecule has 5 atom stereocenters. The normalized spacial score (nSPS) is 33.8. The van der Waals surface area contributed by atoms with E-state index in [9.17, 15) is 35.9 Å². The second kappa shape index (κ2) is 6.15. The number of hydrogen-bond acceptors (Lipinski definition) is 5. The molecule has 5 nitrogen and oxygen atoms in total. The fourth-order valence-corrected chi connectivity index (χ4v) is 4.23. The van der Waals surface area contributed by atoms with Crippen LogP contribution in [0.2, 0.25) is 0 Å². The van der Waals surface area contributed by atoms with Gasteiger partial charge in [0.1, 0.15) is 18.0 Å². The number of carbonyl (C=O) groups is 2. The molecule has 0 radical (unpaired) electrons. The van der Waals surface area contributed by atoms with Crippen molar-refractivity contribution in [1.82, 2.24) is 0 Å². The van der Waals surface area contributed by atoms with Gasteiger partial charge >= 0.3 is 24.3 Å². The Labute approximate surface area is 155 Å². The molecule has 2 saturated carbocycles. The van der Waals surface area contributed by atoms with Gasteiger partial charge in [0.2, 0.25) is 0 Å². The molecule has 0 aromatic carbocycles. The number of rotatable bonds is 5.